The van der Waals surface area contributed by atoms with E-state index >= 15 is 0 Å². The van der Waals surface area contributed by atoms with Gasteiger partial charge in [-0.15, -0.1) is 0 Å². The van der Waals surface area contributed by atoms with Crippen LogP contribution in [0.5, 0.6) is 5.75 Å². The maximum Gasteiger partial charge on any atom is 0.234 e. The van der Waals surface area contributed by atoms with Crippen molar-refractivity contribution in [3.05, 3.63) is 65.3 Å². The molecule has 0 fully saturated rings. The quantitative estimate of drug-likeness (QED) is 0.586. The lowest BCUT2D eigenvalue weighted by molar-refractivity contribution is -0.113. The van der Waals surface area contributed by atoms with Gasteiger partial charge in [-0.25, -0.2) is 9.67 Å². The van der Waals surface area contributed by atoms with E-state index in [1.54, 1.807) is 18.0 Å². The molecule has 33 heavy (non-hydrogen) atoms. The molecule has 2 aliphatic heterocycles. The lowest BCUT2D eigenvalue weighted by atomic mass is 10.2. The third-order valence-electron chi connectivity index (χ3n) is 5.25. The SMILES string of the molecule is COc1ccc(NC(=O)CSC2=Nc3c(cnn3-c3ccc(Cl)cc3)C3=NCCCN23)cc1. The summed E-state index contributed by atoms with van der Waals surface area (Å²) in [5.41, 5.74) is 2.46. The summed E-state index contributed by atoms with van der Waals surface area (Å²) in [5, 5.41) is 8.86. The topological polar surface area (TPSA) is 84.1 Å². The average Bonchev–Trinajstić information content (AvgIpc) is 3.27. The number of ether oxygens (including phenoxy) is 1. The Hall–Kier alpha value is -3.30. The molecule has 8 nitrogen and oxygen atoms in total. The van der Waals surface area contributed by atoms with E-state index in [0.29, 0.717) is 10.8 Å². The molecule has 0 radical (unpaired) electrons. The molecule has 0 bridgehead atoms. The van der Waals surface area contributed by atoms with E-state index in [1.165, 1.54) is 11.8 Å². The number of amidine groups is 2. The molecule has 0 saturated heterocycles. The molecule has 1 amide bonds. The van der Waals surface area contributed by atoms with Crippen molar-refractivity contribution >= 4 is 51.8 Å². The summed E-state index contributed by atoms with van der Waals surface area (Å²) in [7, 11) is 1.61. The molecule has 3 heterocycles. The number of thioether (sulfide) groups is 1. The van der Waals surface area contributed by atoms with Crippen LogP contribution in [0.3, 0.4) is 0 Å². The standard InChI is InChI=1S/C23H21ClN6O2S/c1-32-18-9-5-16(6-10-18)27-20(31)14-33-23-28-22-19(21-25-11-2-12-29(21)23)13-26-30(22)17-7-3-15(24)4-8-17/h3-10,13H,2,11-12,14H2,1H3,(H,27,31). The molecule has 0 unspecified atom stereocenters. The third kappa shape index (κ3) is 4.46. The summed E-state index contributed by atoms with van der Waals surface area (Å²) in [6.45, 7) is 1.56. The lowest BCUT2D eigenvalue weighted by Gasteiger charge is -2.32. The van der Waals surface area contributed by atoms with Crippen LogP contribution >= 0.6 is 23.4 Å². The molecule has 2 aliphatic rings. The zero-order chi connectivity index (χ0) is 22.8. The minimum absolute atomic E-state index is 0.111. The van der Waals surface area contributed by atoms with Crippen LogP contribution in [0.25, 0.3) is 5.69 Å². The lowest BCUT2D eigenvalue weighted by Crippen LogP contribution is -2.42. The number of carbonyl (C=O) groups excluding carboxylic acids is 1. The van der Waals surface area contributed by atoms with Gasteiger partial charge in [-0.1, -0.05) is 23.4 Å². The first-order chi connectivity index (χ1) is 16.1. The van der Waals surface area contributed by atoms with Crippen LogP contribution in [0.15, 0.2) is 64.7 Å². The van der Waals surface area contributed by atoms with E-state index < -0.39 is 0 Å². The van der Waals surface area contributed by atoms with Crippen molar-refractivity contribution in [1.29, 1.82) is 0 Å². The molecule has 168 valence electrons. The molecule has 10 heteroatoms. The Morgan fingerprint density at radius 3 is 2.73 bits per heavy atom. The van der Waals surface area contributed by atoms with Gasteiger partial charge >= 0.3 is 0 Å². The summed E-state index contributed by atoms with van der Waals surface area (Å²) < 4.78 is 6.93. The number of halogens is 1. The second-order valence-electron chi connectivity index (χ2n) is 7.44. The summed E-state index contributed by atoms with van der Waals surface area (Å²) >= 11 is 7.43. The number of rotatable bonds is 5. The smallest absolute Gasteiger partial charge is 0.234 e. The fourth-order valence-corrected chi connectivity index (χ4v) is 4.61. The number of nitrogens with zero attached hydrogens (tertiary/aromatic N) is 5. The van der Waals surface area contributed by atoms with Gasteiger partial charge in [-0.2, -0.15) is 5.10 Å². The number of anilines is 1. The number of aromatic nitrogens is 2. The zero-order valence-electron chi connectivity index (χ0n) is 17.9. The Bertz CT molecular complexity index is 1240. The molecule has 0 saturated carbocycles. The highest BCUT2D eigenvalue weighted by Crippen LogP contribution is 2.33. The summed E-state index contributed by atoms with van der Waals surface area (Å²) in [6, 6.07) is 14.7. The second kappa shape index (κ2) is 9.29. The molecule has 1 N–H and O–H groups in total. The fraction of sp³-hybridized carbons (Fsp3) is 0.217. The first-order valence-electron chi connectivity index (χ1n) is 10.4. The van der Waals surface area contributed by atoms with Crippen LogP contribution < -0.4 is 10.1 Å². The number of aliphatic imine (C=N–C) groups is 2. The van der Waals surface area contributed by atoms with Crippen LogP contribution in [0.2, 0.25) is 5.02 Å². The van der Waals surface area contributed by atoms with Gasteiger partial charge < -0.3 is 15.0 Å². The van der Waals surface area contributed by atoms with Crippen LogP contribution in [0.1, 0.15) is 12.0 Å². The molecule has 1 aromatic heterocycles. The van der Waals surface area contributed by atoms with E-state index in [9.17, 15) is 4.79 Å². The van der Waals surface area contributed by atoms with E-state index in [4.69, 9.17) is 26.3 Å². The maximum atomic E-state index is 12.6. The van der Waals surface area contributed by atoms with Crippen molar-refractivity contribution in [1.82, 2.24) is 14.7 Å². The molecule has 0 aliphatic carbocycles. The Morgan fingerprint density at radius 2 is 1.97 bits per heavy atom. The number of hydrogen-bond donors (Lipinski definition) is 1. The highest BCUT2D eigenvalue weighted by molar-refractivity contribution is 8.14. The number of nitrogens with one attached hydrogen (secondary N) is 1. The van der Waals surface area contributed by atoms with E-state index in [1.807, 2.05) is 48.5 Å². The van der Waals surface area contributed by atoms with Crippen molar-refractivity contribution in [2.24, 2.45) is 9.98 Å². The van der Waals surface area contributed by atoms with E-state index in [2.05, 4.69) is 15.3 Å². The molecule has 2 aromatic carbocycles. The predicted molar refractivity (Wildman–Crippen MR) is 132 cm³/mol. The zero-order valence-corrected chi connectivity index (χ0v) is 19.4. The molecule has 0 spiro atoms. The highest BCUT2D eigenvalue weighted by Gasteiger charge is 2.31. The van der Waals surface area contributed by atoms with Gasteiger partial charge in [0.15, 0.2) is 11.0 Å². The normalized spacial score (nSPS) is 14.7. The van der Waals surface area contributed by atoms with Crippen LogP contribution in [-0.2, 0) is 4.79 Å². The Balaban J connectivity index is 1.38. The number of carbonyl (C=O) groups is 1. The second-order valence-corrected chi connectivity index (χ2v) is 8.82. The summed E-state index contributed by atoms with van der Waals surface area (Å²) in [4.78, 5) is 24.3. The van der Waals surface area contributed by atoms with Gasteiger partial charge in [0.05, 0.1) is 30.3 Å². The average molecular weight is 481 g/mol. The van der Waals surface area contributed by atoms with E-state index in [0.717, 1.165) is 53.2 Å². The van der Waals surface area contributed by atoms with Gasteiger partial charge in [0, 0.05) is 23.8 Å². The number of hydrogen-bond acceptors (Lipinski definition) is 7. The van der Waals surface area contributed by atoms with Crippen LogP contribution in [0, 0.1) is 0 Å². The Kier molecular flexibility index (Phi) is 6.06. The molecule has 0 atom stereocenters. The van der Waals surface area contributed by atoms with Crippen LogP contribution in [0.4, 0.5) is 11.5 Å². The number of benzene rings is 2. The third-order valence-corrected chi connectivity index (χ3v) is 6.48. The predicted octanol–water partition coefficient (Wildman–Crippen LogP) is 4.36. The first-order valence-corrected chi connectivity index (χ1v) is 11.8. The summed E-state index contributed by atoms with van der Waals surface area (Å²) in [5.74, 6) is 2.40. The number of methoxy groups -OCH3 is 1. The summed E-state index contributed by atoms with van der Waals surface area (Å²) in [6.07, 6.45) is 2.73. The minimum Gasteiger partial charge on any atom is -0.497 e. The van der Waals surface area contributed by atoms with Crippen molar-refractivity contribution in [2.75, 3.05) is 31.3 Å². The minimum atomic E-state index is -0.111. The Morgan fingerprint density at radius 1 is 1.18 bits per heavy atom. The fourth-order valence-electron chi connectivity index (χ4n) is 3.66. The van der Waals surface area contributed by atoms with Crippen molar-refractivity contribution in [2.45, 2.75) is 6.42 Å². The van der Waals surface area contributed by atoms with Gasteiger partial charge in [-0.05, 0) is 55.0 Å². The van der Waals surface area contributed by atoms with E-state index in [-0.39, 0.29) is 11.7 Å². The van der Waals surface area contributed by atoms with Gasteiger partial charge in [0.2, 0.25) is 5.91 Å². The van der Waals surface area contributed by atoms with Gasteiger partial charge in [-0.3, -0.25) is 9.79 Å². The molecular formula is C23H21ClN6O2S. The molecule has 5 rings (SSSR count). The van der Waals surface area contributed by atoms with Gasteiger partial charge in [0.1, 0.15) is 11.6 Å². The number of amides is 1. The van der Waals surface area contributed by atoms with Crippen molar-refractivity contribution in [3.63, 3.8) is 0 Å². The van der Waals surface area contributed by atoms with Crippen molar-refractivity contribution in [3.8, 4) is 11.4 Å². The Labute approximate surface area is 200 Å². The number of fused-ring (bicyclic) bond motifs is 3. The van der Waals surface area contributed by atoms with Crippen molar-refractivity contribution < 1.29 is 9.53 Å². The molecular weight excluding hydrogens is 460 g/mol. The van der Waals surface area contributed by atoms with Crippen LogP contribution in [-0.4, -0.2) is 57.5 Å². The maximum absolute atomic E-state index is 12.6. The highest BCUT2D eigenvalue weighted by atomic mass is 35.5. The monoisotopic (exact) mass is 480 g/mol. The molecule has 3 aromatic rings. The largest absolute Gasteiger partial charge is 0.497 e. The van der Waals surface area contributed by atoms with Gasteiger partial charge in [0.25, 0.3) is 0 Å². The first kappa shape index (κ1) is 21.5.